The molecule has 0 radical (unpaired) electrons. The quantitative estimate of drug-likeness (QED) is 0.636. The van der Waals surface area contributed by atoms with Crippen LogP contribution in [-0.2, 0) is 0 Å². The van der Waals surface area contributed by atoms with E-state index >= 15 is 0 Å². The molecule has 6 heteroatoms. The molecule has 0 heterocycles. The number of anilines is 1. The third-order valence-corrected chi connectivity index (χ3v) is 2.70. The Labute approximate surface area is 118 Å². The lowest BCUT2D eigenvalue weighted by molar-refractivity contribution is -0.385. The normalized spacial score (nSPS) is 12.6. The SMILES string of the molecule is CC(C)(C)CC(O)CNc1ccc(C#N)c([N+](=O)[O-])c1. The van der Waals surface area contributed by atoms with E-state index in [0.717, 1.165) is 0 Å². The number of nitro benzene ring substituents is 1. The Hall–Kier alpha value is -2.13. The summed E-state index contributed by atoms with van der Waals surface area (Å²) in [4.78, 5) is 10.2. The summed E-state index contributed by atoms with van der Waals surface area (Å²) in [6.45, 7) is 6.40. The molecule has 2 N–H and O–H groups in total. The molecule has 1 rings (SSSR count). The van der Waals surface area contributed by atoms with Crippen molar-refractivity contribution in [1.29, 1.82) is 5.26 Å². The summed E-state index contributed by atoms with van der Waals surface area (Å²) in [5.74, 6) is 0. The van der Waals surface area contributed by atoms with Crippen LogP contribution < -0.4 is 5.32 Å². The van der Waals surface area contributed by atoms with Gasteiger partial charge in [-0.05, 0) is 24.0 Å². The molecule has 0 fully saturated rings. The summed E-state index contributed by atoms with van der Waals surface area (Å²) in [6.07, 6.45) is 0.0861. The Morgan fingerprint density at radius 2 is 2.15 bits per heavy atom. The summed E-state index contributed by atoms with van der Waals surface area (Å²) in [7, 11) is 0. The molecule has 0 aliphatic rings. The van der Waals surface area contributed by atoms with Crippen LogP contribution in [0.25, 0.3) is 0 Å². The molecule has 1 aromatic rings. The molecule has 0 aromatic heterocycles. The maximum atomic E-state index is 10.8. The van der Waals surface area contributed by atoms with Gasteiger partial charge in [0.15, 0.2) is 0 Å². The fraction of sp³-hybridized carbons (Fsp3) is 0.500. The first-order chi connectivity index (χ1) is 9.23. The Balaban J connectivity index is 2.73. The van der Waals surface area contributed by atoms with E-state index in [0.29, 0.717) is 18.7 Å². The number of nitrogens with zero attached hydrogens (tertiary/aromatic N) is 2. The van der Waals surface area contributed by atoms with E-state index in [9.17, 15) is 15.2 Å². The average molecular weight is 277 g/mol. The molecule has 0 aliphatic carbocycles. The number of nitriles is 1. The van der Waals surface area contributed by atoms with Crippen molar-refractivity contribution in [3.8, 4) is 6.07 Å². The van der Waals surface area contributed by atoms with Gasteiger partial charge in [0.05, 0.1) is 11.0 Å². The molecule has 0 saturated heterocycles. The van der Waals surface area contributed by atoms with Crippen molar-refractivity contribution in [3.63, 3.8) is 0 Å². The number of benzene rings is 1. The van der Waals surface area contributed by atoms with Crippen LogP contribution in [-0.4, -0.2) is 22.7 Å². The number of aliphatic hydroxyl groups excluding tert-OH is 1. The average Bonchev–Trinajstić information content (AvgIpc) is 2.33. The summed E-state index contributed by atoms with van der Waals surface area (Å²) < 4.78 is 0. The van der Waals surface area contributed by atoms with E-state index in [4.69, 9.17) is 5.26 Å². The molecule has 0 aliphatic heterocycles. The van der Waals surface area contributed by atoms with Crippen molar-refractivity contribution in [2.24, 2.45) is 5.41 Å². The molecule has 0 amide bonds. The van der Waals surface area contributed by atoms with Gasteiger partial charge in [-0.2, -0.15) is 5.26 Å². The minimum atomic E-state index is -0.588. The predicted molar refractivity (Wildman–Crippen MR) is 76.4 cm³/mol. The molecular weight excluding hydrogens is 258 g/mol. The van der Waals surface area contributed by atoms with Crippen molar-refractivity contribution < 1.29 is 10.0 Å². The molecule has 1 aromatic carbocycles. The number of rotatable bonds is 5. The van der Waals surface area contributed by atoms with Crippen LogP contribution in [0.5, 0.6) is 0 Å². The predicted octanol–water partition coefficient (Wildman–Crippen LogP) is 2.68. The van der Waals surface area contributed by atoms with E-state index in [2.05, 4.69) is 5.32 Å². The summed E-state index contributed by atoms with van der Waals surface area (Å²) in [5, 5.41) is 32.5. The van der Waals surface area contributed by atoms with Crippen molar-refractivity contribution >= 4 is 11.4 Å². The second kappa shape index (κ2) is 6.35. The lowest BCUT2D eigenvalue weighted by Gasteiger charge is -2.22. The van der Waals surface area contributed by atoms with Gasteiger partial charge in [0.2, 0.25) is 0 Å². The molecular formula is C14H19N3O3. The van der Waals surface area contributed by atoms with E-state index < -0.39 is 11.0 Å². The minimum Gasteiger partial charge on any atom is -0.391 e. The number of nitro groups is 1. The fourth-order valence-corrected chi connectivity index (χ4v) is 1.90. The second-order valence-electron chi connectivity index (χ2n) is 5.90. The van der Waals surface area contributed by atoms with Crippen molar-refractivity contribution in [1.82, 2.24) is 0 Å². The van der Waals surface area contributed by atoms with Gasteiger partial charge in [-0.3, -0.25) is 10.1 Å². The van der Waals surface area contributed by atoms with Crippen LogP contribution in [0.1, 0.15) is 32.8 Å². The first-order valence-electron chi connectivity index (χ1n) is 6.33. The lowest BCUT2D eigenvalue weighted by Crippen LogP contribution is -2.25. The molecule has 1 atom stereocenters. The summed E-state index contributed by atoms with van der Waals surface area (Å²) in [5.41, 5.74) is 0.319. The Morgan fingerprint density at radius 3 is 2.65 bits per heavy atom. The van der Waals surface area contributed by atoms with E-state index in [1.807, 2.05) is 20.8 Å². The Kier molecular flexibility index (Phi) is 5.06. The van der Waals surface area contributed by atoms with Gasteiger partial charge in [-0.15, -0.1) is 0 Å². The summed E-state index contributed by atoms with van der Waals surface area (Å²) in [6, 6.07) is 6.08. The van der Waals surface area contributed by atoms with Crippen LogP contribution in [0, 0.1) is 26.9 Å². The topological polar surface area (TPSA) is 99.2 Å². The van der Waals surface area contributed by atoms with E-state index in [1.165, 1.54) is 12.1 Å². The standard InChI is InChI=1S/C14H19N3O3/c1-14(2,3)7-12(18)9-16-11-5-4-10(8-15)13(6-11)17(19)20/h4-6,12,16,18H,7,9H2,1-3H3. The highest BCUT2D eigenvalue weighted by molar-refractivity contribution is 5.59. The first kappa shape index (κ1) is 15.9. The fourth-order valence-electron chi connectivity index (χ4n) is 1.90. The van der Waals surface area contributed by atoms with Crippen LogP contribution in [0.4, 0.5) is 11.4 Å². The molecule has 0 spiro atoms. The maximum absolute atomic E-state index is 10.8. The number of hydrogen-bond acceptors (Lipinski definition) is 5. The number of hydrogen-bond donors (Lipinski definition) is 2. The van der Waals surface area contributed by atoms with Gasteiger partial charge in [-0.25, -0.2) is 0 Å². The molecule has 1 unspecified atom stereocenters. The Morgan fingerprint density at radius 1 is 1.50 bits per heavy atom. The molecule has 0 bridgehead atoms. The van der Waals surface area contributed by atoms with E-state index in [-0.39, 0.29) is 16.7 Å². The van der Waals surface area contributed by atoms with Gasteiger partial charge in [0, 0.05) is 18.3 Å². The third-order valence-electron chi connectivity index (χ3n) is 2.70. The van der Waals surface area contributed by atoms with Crippen LogP contribution in [0.2, 0.25) is 0 Å². The van der Waals surface area contributed by atoms with E-state index in [1.54, 1.807) is 12.1 Å². The number of aliphatic hydroxyl groups is 1. The molecule has 6 nitrogen and oxygen atoms in total. The zero-order valence-electron chi connectivity index (χ0n) is 11.9. The van der Waals surface area contributed by atoms with Crippen molar-refractivity contribution in [3.05, 3.63) is 33.9 Å². The number of nitrogens with one attached hydrogen (secondary N) is 1. The minimum absolute atomic E-state index is 0.0117. The lowest BCUT2D eigenvalue weighted by atomic mass is 9.89. The first-order valence-corrected chi connectivity index (χ1v) is 6.33. The maximum Gasteiger partial charge on any atom is 0.289 e. The van der Waals surface area contributed by atoms with Crippen LogP contribution >= 0.6 is 0 Å². The summed E-state index contributed by atoms with van der Waals surface area (Å²) >= 11 is 0. The highest BCUT2D eigenvalue weighted by Gasteiger charge is 2.17. The van der Waals surface area contributed by atoms with Crippen molar-refractivity contribution in [2.75, 3.05) is 11.9 Å². The molecule has 0 saturated carbocycles. The Bertz CT molecular complexity index is 529. The van der Waals surface area contributed by atoms with Gasteiger partial charge in [0.1, 0.15) is 11.6 Å². The molecule has 20 heavy (non-hydrogen) atoms. The van der Waals surface area contributed by atoms with Gasteiger partial charge in [-0.1, -0.05) is 20.8 Å². The highest BCUT2D eigenvalue weighted by atomic mass is 16.6. The van der Waals surface area contributed by atoms with Crippen LogP contribution in [0.15, 0.2) is 18.2 Å². The zero-order valence-corrected chi connectivity index (χ0v) is 11.9. The third kappa shape index (κ3) is 4.86. The molecule has 108 valence electrons. The van der Waals surface area contributed by atoms with Crippen LogP contribution in [0.3, 0.4) is 0 Å². The van der Waals surface area contributed by atoms with Crippen molar-refractivity contribution in [2.45, 2.75) is 33.3 Å². The largest absolute Gasteiger partial charge is 0.391 e. The monoisotopic (exact) mass is 277 g/mol. The second-order valence-corrected chi connectivity index (χ2v) is 5.90. The highest BCUT2D eigenvalue weighted by Crippen LogP contribution is 2.24. The zero-order chi connectivity index (χ0) is 15.3. The van der Waals surface area contributed by atoms with Gasteiger partial charge in [0.25, 0.3) is 5.69 Å². The smallest absolute Gasteiger partial charge is 0.289 e. The van der Waals surface area contributed by atoms with Gasteiger partial charge >= 0.3 is 0 Å². The van der Waals surface area contributed by atoms with Gasteiger partial charge < -0.3 is 10.4 Å².